The van der Waals surface area contributed by atoms with Gasteiger partial charge in [-0.25, -0.2) is 18.0 Å². The maximum atomic E-state index is 13.0. The van der Waals surface area contributed by atoms with Crippen LogP contribution in [0.2, 0.25) is 0 Å². The van der Waals surface area contributed by atoms with E-state index >= 15 is 0 Å². The van der Waals surface area contributed by atoms with Gasteiger partial charge in [0, 0.05) is 12.1 Å². The second kappa shape index (κ2) is 8.39. The number of hydrogen-bond donors (Lipinski definition) is 2. The van der Waals surface area contributed by atoms with Crippen molar-refractivity contribution < 1.29 is 37.3 Å². The van der Waals surface area contributed by atoms with Crippen molar-refractivity contribution in [2.45, 2.75) is 18.7 Å². The first-order valence-corrected chi connectivity index (χ1v) is 9.75. The van der Waals surface area contributed by atoms with E-state index in [0.717, 1.165) is 13.2 Å². The Bertz CT molecular complexity index is 1080. The molecule has 29 heavy (non-hydrogen) atoms. The Morgan fingerprint density at radius 2 is 1.55 bits per heavy atom. The number of anilines is 1. The van der Waals surface area contributed by atoms with Crippen molar-refractivity contribution in [3.8, 4) is 11.5 Å². The lowest BCUT2D eigenvalue weighted by molar-refractivity contribution is 0.0600. The lowest BCUT2D eigenvalue weighted by Crippen LogP contribution is -2.18. The molecule has 0 aliphatic heterocycles. The van der Waals surface area contributed by atoms with Gasteiger partial charge in [-0.2, -0.15) is 0 Å². The van der Waals surface area contributed by atoms with Crippen molar-refractivity contribution in [2.24, 2.45) is 0 Å². The zero-order valence-electron chi connectivity index (χ0n) is 16.5. The van der Waals surface area contributed by atoms with Gasteiger partial charge in [0.25, 0.3) is 10.0 Å². The summed E-state index contributed by atoms with van der Waals surface area (Å²) < 4.78 is 43.4. The molecule has 0 bridgehead atoms. The number of benzene rings is 2. The topological polar surface area (TPSA) is 128 Å². The van der Waals surface area contributed by atoms with E-state index < -0.39 is 22.0 Å². The smallest absolute Gasteiger partial charge is 0.340 e. The molecule has 2 aromatic carbocycles. The third kappa shape index (κ3) is 4.43. The summed E-state index contributed by atoms with van der Waals surface area (Å²) in [5, 5.41) is 9.25. The number of sulfonamides is 1. The summed E-state index contributed by atoms with van der Waals surface area (Å²) in [7, 11) is -0.369. The van der Waals surface area contributed by atoms with Crippen molar-refractivity contribution in [3.63, 3.8) is 0 Å². The van der Waals surface area contributed by atoms with Crippen molar-refractivity contribution in [2.75, 3.05) is 26.1 Å². The number of aryl methyl sites for hydroxylation is 1. The number of rotatable bonds is 7. The van der Waals surface area contributed by atoms with Gasteiger partial charge in [-0.15, -0.1) is 0 Å². The van der Waals surface area contributed by atoms with Crippen LogP contribution in [0, 0.1) is 13.8 Å². The van der Waals surface area contributed by atoms with Gasteiger partial charge in [-0.05, 0) is 37.1 Å². The molecule has 0 atom stereocenters. The highest BCUT2D eigenvalue weighted by atomic mass is 32.2. The Morgan fingerprint density at radius 3 is 2.07 bits per heavy atom. The first-order chi connectivity index (χ1) is 13.5. The molecule has 0 heterocycles. The third-order valence-corrected chi connectivity index (χ3v) is 5.82. The van der Waals surface area contributed by atoms with Crippen LogP contribution in [0.3, 0.4) is 0 Å². The fourth-order valence-corrected chi connectivity index (χ4v) is 4.09. The lowest BCUT2D eigenvalue weighted by atomic mass is 10.1. The Balaban J connectivity index is 2.66. The quantitative estimate of drug-likeness (QED) is 0.651. The summed E-state index contributed by atoms with van der Waals surface area (Å²) in [5.41, 5.74) is 0.493. The average molecular weight is 423 g/mol. The molecule has 2 aromatic rings. The van der Waals surface area contributed by atoms with Gasteiger partial charge in [-0.3, -0.25) is 4.72 Å². The summed E-state index contributed by atoms with van der Waals surface area (Å²) in [6.07, 6.45) is 0. The molecule has 0 spiro atoms. The molecule has 0 aromatic heterocycles. The average Bonchev–Trinajstić information content (AvgIpc) is 2.68. The number of methoxy groups -OCH3 is 3. The molecule has 0 fully saturated rings. The van der Waals surface area contributed by atoms with Crippen molar-refractivity contribution in [1.82, 2.24) is 0 Å². The molecule has 0 aliphatic rings. The zero-order chi connectivity index (χ0) is 21.9. The van der Waals surface area contributed by atoms with Gasteiger partial charge in [0.2, 0.25) is 0 Å². The highest BCUT2D eigenvalue weighted by Gasteiger charge is 2.25. The Kier molecular flexibility index (Phi) is 6.38. The van der Waals surface area contributed by atoms with Gasteiger partial charge in [0.1, 0.15) is 0 Å². The number of carbonyl (C=O) groups excluding carboxylic acids is 1. The standard InChI is InChI=1S/C19H21NO8S/c1-10-6-12(18(21)22)7-17(11(10)2)29(24,25)20-14-9-16(27-4)15(26-3)8-13(14)19(23)28-5/h6-9,20H,1-5H3,(H,21,22). The van der Waals surface area contributed by atoms with Crippen molar-refractivity contribution in [1.29, 1.82) is 0 Å². The van der Waals surface area contributed by atoms with Crippen molar-refractivity contribution in [3.05, 3.63) is 46.5 Å². The number of carbonyl (C=O) groups is 2. The Morgan fingerprint density at radius 1 is 0.966 bits per heavy atom. The van der Waals surface area contributed by atoms with Gasteiger partial charge >= 0.3 is 11.9 Å². The van der Waals surface area contributed by atoms with Crippen LogP contribution in [0.4, 0.5) is 5.69 Å². The van der Waals surface area contributed by atoms with Crippen LogP contribution in [-0.4, -0.2) is 46.8 Å². The Hall–Kier alpha value is -3.27. The predicted octanol–water partition coefficient (Wildman–Crippen LogP) is 2.61. The minimum absolute atomic E-state index is 0.0995. The summed E-state index contributed by atoms with van der Waals surface area (Å²) in [4.78, 5) is 23.3. The van der Waals surface area contributed by atoms with E-state index in [1.807, 2.05) is 0 Å². The van der Waals surface area contributed by atoms with E-state index in [2.05, 4.69) is 4.72 Å². The first kappa shape index (κ1) is 22.0. The third-order valence-electron chi connectivity index (χ3n) is 4.33. The summed E-state index contributed by atoms with van der Waals surface area (Å²) in [6, 6.07) is 5.01. The Labute approximate surface area is 168 Å². The van der Waals surface area contributed by atoms with Crippen LogP contribution < -0.4 is 14.2 Å². The highest BCUT2D eigenvalue weighted by molar-refractivity contribution is 7.92. The van der Waals surface area contributed by atoms with Crippen LogP contribution in [-0.2, 0) is 14.8 Å². The SMILES string of the molecule is COC(=O)c1cc(OC)c(OC)cc1NS(=O)(=O)c1cc(C(=O)O)cc(C)c1C. The number of hydrogen-bond acceptors (Lipinski definition) is 7. The molecule has 2 rings (SSSR count). The lowest BCUT2D eigenvalue weighted by Gasteiger charge is -2.17. The molecule has 0 amide bonds. The second-order valence-corrected chi connectivity index (χ2v) is 7.72. The number of esters is 1. The molecule has 10 heteroatoms. The molecular weight excluding hydrogens is 402 g/mol. The number of carboxylic acid groups (broad SMARTS) is 1. The number of ether oxygens (including phenoxy) is 3. The first-order valence-electron chi connectivity index (χ1n) is 8.27. The maximum Gasteiger partial charge on any atom is 0.340 e. The van der Waals surface area contributed by atoms with Crippen LogP contribution in [0.25, 0.3) is 0 Å². The van der Waals surface area contributed by atoms with Crippen LogP contribution in [0.15, 0.2) is 29.2 Å². The fraction of sp³-hybridized carbons (Fsp3) is 0.263. The molecule has 156 valence electrons. The van der Waals surface area contributed by atoms with E-state index in [0.29, 0.717) is 11.1 Å². The molecule has 2 N–H and O–H groups in total. The van der Waals surface area contributed by atoms with E-state index in [1.165, 1.54) is 32.4 Å². The molecule has 0 radical (unpaired) electrons. The van der Waals surface area contributed by atoms with Gasteiger partial charge in [-0.1, -0.05) is 0 Å². The maximum absolute atomic E-state index is 13.0. The summed E-state index contributed by atoms with van der Waals surface area (Å²) in [5.74, 6) is -1.66. The van der Waals surface area contributed by atoms with Gasteiger partial charge in [0.05, 0.1) is 43.0 Å². The monoisotopic (exact) mass is 423 g/mol. The second-order valence-electron chi connectivity index (χ2n) is 6.07. The van der Waals surface area contributed by atoms with E-state index in [4.69, 9.17) is 14.2 Å². The molecule has 9 nitrogen and oxygen atoms in total. The van der Waals surface area contributed by atoms with Gasteiger partial charge < -0.3 is 19.3 Å². The highest BCUT2D eigenvalue weighted by Crippen LogP contribution is 2.35. The predicted molar refractivity (Wildman–Crippen MR) is 105 cm³/mol. The minimum atomic E-state index is -4.25. The number of nitrogens with one attached hydrogen (secondary N) is 1. The van der Waals surface area contributed by atoms with Crippen LogP contribution >= 0.6 is 0 Å². The number of carboxylic acids is 1. The normalized spacial score (nSPS) is 10.9. The van der Waals surface area contributed by atoms with Gasteiger partial charge in [0.15, 0.2) is 11.5 Å². The molecule has 0 saturated heterocycles. The summed E-state index contributed by atoms with van der Waals surface area (Å²) >= 11 is 0. The van der Waals surface area contributed by atoms with Crippen LogP contribution in [0.5, 0.6) is 11.5 Å². The van der Waals surface area contributed by atoms with E-state index in [9.17, 15) is 23.1 Å². The molecule has 0 aliphatic carbocycles. The molecular formula is C19H21NO8S. The zero-order valence-corrected chi connectivity index (χ0v) is 17.3. The van der Waals surface area contributed by atoms with Crippen molar-refractivity contribution >= 4 is 27.6 Å². The summed E-state index contributed by atoms with van der Waals surface area (Å²) in [6.45, 7) is 3.17. The van der Waals surface area contributed by atoms with Crippen LogP contribution in [0.1, 0.15) is 31.8 Å². The van der Waals surface area contributed by atoms with E-state index in [1.54, 1.807) is 13.8 Å². The minimum Gasteiger partial charge on any atom is -0.493 e. The molecule has 0 saturated carbocycles. The number of aromatic carboxylic acids is 1. The van der Waals surface area contributed by atoms with E-state index in [-0.39, 0.29) is 33.2 Å². The fourth-order valence-electron chi connectivity index (χ4n) is 2.67. The largest absolute Gasteiger partial charge is 0.493 e. The molecule has 0 unspecified atom stereocenters.